The fraction of sp³-hybridized carbons (Fsp3) is 0.429. The SMILES string of the molecule is CCn1ncc(C(=O)SC)c1N. The van der Waals surface area contributed by atoms with Gasteiger partial charge in [-0.25, -0.2) is 4.68 Å². The third kappa shape index (κ3) is 1.45. The molecule has 0 fully saturated rings. The maximum atomic E-state index is 11.2. The molecule has 0 aliphatic rings. The Hall–Kier alpha value is -0.970. The minimum atomic E-state index is -0.0350. The highest BCUT2D eigenvalue weighted by molar-refractivity contribution is 8.13. The molecule has 1 aromatic heterocycles. The maximum Gasteiger partial charge on any atom is 0.224 e. The van der Waals surface area contributed by atoms with Crippen molar-refractivity contribution in [3.05, 3.63) is 11.8 Å². The molecule has 0 saturated heterocycles. The fourth-order valence-electron chi connectivity index (χ4n) is 0.914. The fourth-order valence-corrected chi connectivity index (χ4v) is 1.29. The Morgan fingerprint density at radius 3 is 2.92 bits per heavy atom. The van der Waals surface area contributed by atoms with E-state index in [9.17, 15) is 4.79 Å². The molecule has 5 heteroatoms. The lowest BCUT2D eigenvalue weighted by atomic mass is 10.4. The van der Waals surface area contributed by atoms with Gasteiger partial charge in [0.25, 0.3) is 0 Å². The van der Waals surface area contributed by atoms with Crippen molar-refractivity contribution in [2.24, 2.45) is 0 Å². The predicted molar refractivity (Wildman–Crippen MR) is 50.2 cm³/mol. The van der Waals surface area contributed by atoms with Crippen LogP contribution in [0.15, 0.2) is 6.20 Å². The lowest BCUT2D eigenvalue weighted by Crippen LogP contribution is -2.04. The van der Waals surface area contributed by atoms with Crippen molar-refractivity contribution in [2.75, 3.05) is 12.0 Å². The molecule has 1 aromatic rings. The average Bonchev–Trinajstić information content (AvgIpc) is 2.45. The van der Waals surface area contributed by atoms with Crippen LogP contribution in [0, 0.1) is 0 Å². The standard InChI is InChI=1S/C7H11N3OS/c1-3-10-6(8)5(4-9-10)7(11)12-2/h4H,3,8H2,1-2H3. The minimum Gasteiger partial charge on any atom is -0.383 e. The Morgan fingerprint density at radius 1 is 1.83 bits per heavy atom. The van der Waals surface area contributed by atoms with Crippen molar-refractivity contribution in [3.8, 4) is 0 Å². The van der Waals surface area contributed by atoms with Gasteiger partial charge in [0.1, 0.15) is 5.82 Å². The summed E-state index contributed by atoms with van der Waals surface area (Å²) in [6.45, 7) is 2.62. The quantitative estimate of drug-likeness (QED) is 0.746. The summed E-state index contributed by atoms with van der Waals surface area (Å²) in [6, 6.07) is 0. The molecule has 0 radical (unpaired) electrons. The largest absolute Gasteiger partial charge is 0.383 e. The van der Waals surface area contributed by atoms with E-state index in [4.69, 9.17) is 5.73 Å². The van der Waals surface area contributed by atoms with Gasteiger partial charge in [0.15, 0.2) is 0 Å². The Balaban J connectivity index is 3.02. The van der Waals surface area contributed by atoms with Crippen molar-refractivity contribution in [3.63, 3.8) is 0 Å². The summed E-state index contributed by atoms with van der Waals surface area (Å²) in [4.78, 5) is 11.2. The van der Waals surface area contributed by atoms with Crippen molar-refractivity contribution in [2.45, 2.75) is 13.5 Å². The van der Waals surface area contributed by atoms with Crippen molar-refractivity contribution >= 4 is 22.7 Å². The first-order valence-electron chi connectivity index (χ1n) is 3.60. The van der Waals surface area contributed by atoms with Crippen LogP contribution in [0.3, 0.4) is 0 Å². The second kappa shape index (κ2) is 3.62. The molecule has 0 unspecified atom stereocenters. The zero-order valence-electron chi connectivity index (χ0n) is 7.07. The number of hydrogen-bond acceptors (Lipinski definition) is 4. The molecular weight excluding hydrogens is 174 g/mol. The molecule has 0 aliphatic heterocycles. The molecule has 66 valence electrons. The van der Waals surface area contributed by atoms with Crippen LogP contribution in [0.1, 0.15) is 17.3 Å². The Kier molecular flexibility index (Phi) is 2.75. The second-order valence-electron chi connectivity index (χ2n) is 2.25. The van der Waals surface area contributed by atoms with E-state index in [1.165, 1.54) is 6.20 Å². The van der Waals surface area contributed by atoms with Gasteiger partial charge < -0.3 is 5.73 Å². The summed E-state index contributed by atoms with van der Waals surface area (Å²) in [6.07, 6.45) is 3.24. The lowest BCUT2D eigenvalue weighted by molar-refractivity contribution is 0.109. The van der Waals surface area contributed by atoms with Gasteiger partial charge in [-0.05, 0) is 13.2 Å². The van der Waals surface area contributed by atoms with E-state index >= 15 is 0 Å². The molecule has 0 spiro atoms. The molecule has 1 heterocycles. The number of nitrogens with two attached hydrogens (primary N) is 1. The van der Waals surface area contributed by atoms with Crippen LogP contribution in [-0.4, -0.2) is 21.2 Å². The van der Waals surface area contributed by atoms with E-state index in [0.717, 1.165) is 11.8 Å². The number of rotatable bonds is 2. The molecular formula is C7H11N3OS. The summed E-state index contributed by atoms with van der Waals surface area (Å²) in [5.74, 6) is 0.455. The molecule has 0 atom stereocenters. The highest BCUT2D eigenvalue weighted by atomic mass is 32.2. The van der Waals surface area contributed by atoms with E-state index < -0.39 is 0 Å². The molecule has 4 nitrogen and oxygen atoms in total. The van der Waals surface area contributed by atoms with Gasteiger partial charge in [-0.2, -0.15) is 5.10 Å². The molecule has 0 saturated carbocycles. The summed E-state index contributed by atoms with van der Waals surface area (Å²) in [7, 11) is 0. The number of anilines is 1. The second-order valence-corrected chi connectivity index (χ2v) is 3.03. The van der Waals surface area contributed by atoms with Gasteiger partial charge in [0, 0.05) is 6.54 Å². The van der Waals surface area contributed by atoms with Gasteiger partial charge >= 0.3 is 0 Å². The normalized spacial score (nSPS) is 10.2. The Labute approximate surface area is 75.1 Å². The van der Waals surface area contributed by atoms with Gasteiger partial charge in [0.05, 0.1) is 11.8 Å². The highest BCUT2D eigenvalue weighted by Crippen LogP contribution is 2.16. The van der Waals surface area contributed by atoms with Crippen LogP contribution in [0.25, 0.3) is 0 Å². The highest BCUT2D eigenvalue weighted by Gasteiger charge is 2.12. The van der Waals surface area contributed by atoms with Crippen molar-refractivity contribution in [1.29, 1.82) is 0 Å². The topological polar surface area (TPSA) is 60.9 Å². The molecule has 2 N–H and O–H groups in total. The molecule has 0 bridgehead atoms. The van der Waals surface area contributed by atoms with Crippen LogP contribution in [0.5, 0.6) is 0 Å². The third-order valence-electron chi connectivity index (χ3n) is 1.59. The van der Waals surface area contributed by atoms with E-state index in [2.05, 4.69) is 5.10 Å². The van der Waals surface area contributed by atoms with Gasteiger partial charge in [-0.1, -0.05) is 11.8 Å². The van der Waals surface area contributed by atoms with Crippen LogP contribution >= 0.6 is 11.8 Å². The van der Waals surface area contributed by atoms with Crippen LogP contribution in [0.4, 0.5) is 5.82 Å². The number of carbonyl (C=O) groups excluding carboxylic acids is 1. The molecule has 0 aliphatic carbocycles. The Morgan fingerprint density at radius 2 is 2.50 bits per heavy atom. The van der Waals surface area contributed by atoms with Crippen molar-refractivity contribution < 1.29 is 4.79 Å². The maximum absolute atomic E-state index is 11.2. The number of nitrogens with zero attached hydrogens (tertiary/aromatic N) is 2. The number of carbonyl (C=O) groups is 1. The van der Waals surface area contributed by atoms with Crippen LogP contribution in [-0.2, 0) is 6.54 Å². The first kappa shape index (κ1) is 9.12. The molecule has 0 amide bonds. The van der Waals surface area contributed by atoms with Crippen LogP contribution < -0.4 is 5.73 Å². The summed E-state index contributed by atoms with van der Waals surface area (Å²) >= 11 is 1.14. The lowest BCUT2D eigenvalue weighted by Gasteiger charge is -1.98. The minimum absolute atomic E-state index is 0.0350. The van der Waals surface area contributed by atoms with Gasteiger partial charge in [-0.15, -0.1) is 0 Å². The summed E-state index contributed by atoms with van der Waals surface area (Å²) in [5.41, 5.74) is 6.16. The first-order chi connectivity index (χ1) is 5.70. The van der Waals surface area contributed by atoms with Gasteiger partial charge in [0.2, 0.25) is 5.12 Å². The zero-order valence-corrected chi connectivity index (χ0v) is 7.89. The molecule has 12 heavy (non-hydrogen) atoms. The summed E-state index contributed by atoms with van der Waals surface area (Å²) in [5, 5.41) is 3.93. The number of thioether (sulfide) groups is 1. The predicted octanol–water partition coefficient (Wildman–Crippen LogP) is 0.988. The smallest absolute Gasteiger partial charge is 0.224 e. The van der Waals surface area contributed by atoms with E-state index in [1.807, 2.05) is 6.92 Å². The van der Waals surface area contributed by atoms with E-state index in [0.29, 0.717) is 17.9 Å². The summed E-state index contributed by atoms with van der Waals surface area (Å²) < 4.78 is 1.60. The van der Waals surface area contributed by atoms with E-state index in [-0.39, 0.29) is 5.12 Å². The van der Waals surface area contributed by atoms with Gasteiger partial charge in [-0.3, -0.25) is 4.79 Å². The first-order valence-corrected chi connectivity index (χ1v) is 4.82. The molecule has 1 rings (SSSR count). The van der Waals surface area contributed by atoms with Crippen molar-refractivity contribution in [1.82, 2.24) is 9.78 Å². The number of hydrogen-bond donors (Lipinski definition) is 1. The number of aryl methyl sites for hydroxylation is 1. The Bertz CT molecular complexity index is 295. The zero-order chi connectivity index (χ0) is 9.14. The molecule has 0 aromatic carbocycles. The third-order valence-corrected chi connectivity index (χ3v) is 2.18. The van der Waals surface area contributed by atoms with E-state index in [1.54, 1.807) is 10.9 Å². The monoisotopic (exact) mass is 185 g/mol. The van der Waals surface area contributed by atoms with Crippen LogP contribution in [0.2, 0.25) is 0 Å². The number of aromatic nitrogens is 2. The number of nitrogen functional groups attached to an aromatic ring is 1. The average molecular weight is 185 g/mol.